The summed E-state index contributed by atoms with van der Waals surface area (Å²) in [6.45, 7) is 17.4. The Morgan fingerprint density at radius 3 is 2.28 bits per heavy atom. The van der Waals surface area contributed by atoms with Crippen LogP contribution >= 0.6 is 0 Å². The summed E-state index contributed by atoms with van der Waals surface area (Å²) in [4.78, 5) is 0. The molecule has 0 heterocycles. The third kappa shape index (κ3) is 5.89. The molecule has 18 heavy (non-hydrogen) atoms. The van der Waals surface area contributed by atoms with Crippen molar-refractivity contribution in [3.8, 4) is 12.3 Å². The minimum atomic E-state index is -1.71. The molecule has 2 heteroatoms. The summed E-state index contributed by atoms with van der Waals surface area (Å²) >= 11 is 0. The number of allylic oxidation sites excluding steroid dienone is 1. The molecular weight excluding hydrogens is 236 g/mol. The number of rotatable bonds is 7. The number of hydrogen-bond acceptors (Lipinski definition) is 1. The quantitative estimate of drug-likeness (QED) is 0.358. The molecule has 0 aliphatic rings. The van der Waals surface area contributed by atoms with E-state index in [9.17, 15) is 0 Å². The minimum absolute atomic E-state index is 0.207. The Morgan fingerprint density at radius 2 is 1.89 bits per heavy atom. The van der Waals surface area contributed by atoms with Crippen LogP contribution in [0.15, 0.2) is 12.7 Å². The first kappa shape index (κ1) is 17.5. The maximum atomic E-state index is 6.40. The van der Waals surface area contributed by atoms with E-state index in [1.165, 1.54) is 0 Å². The molecule has 0 bridgehead atoms. The van der Waals surface area contributed by atoms with E-state index < -0.39 is 8.32 Å². The second-order valence-corrected chi connectivity index (χ2v) is 11.5. The molecule has 0 aromatic heterocycles. The largest absolute Gasteiger partial charge is 0.413 e. The van der Waals surface area contributed by atoms with Crippen LogP contribution in [0.4, 0.5) is 0 Å². The summed E-state index contributed by atoms with van der Waals surface area (Å²) in [5.41, 5.74) is 0. The molecule has 104 valence electrons. The van der Waals surface area contributed by atoms with Crippen LogP contribution in [0.2, 0.25) is 18.1 Å². The molecule has 0 radical (unpaired) electrons. The molecular formula is C16H30OSi. The first-order valence-corrected chi connectivity index (χ1v) is 9.78. The van der Waals surface area contributed by atoms with Gasteiger partial charge < -0.3 is 4.43 Å². The third-order valence-electron chi connectivity index (χ3n) is 3.96. The van der Waals surface area contributed by atoms with Gasteiger partial charge in [-0.25, -0.2) is 0 Å². The molecule has 2 atom stereocenters. The summed E-state index contributed by atoms with van der Waals surface area (Å²) in [5, 5.41) is 0.240. The molecule has 0 fully saturated rings. The van der Waals surface area contributed by atoms with Crippen LogP contribution in [0, 0.1) is 18.3 Å². The minimum Gasteiger partial charge on any atom is -0.413 e. The van der Waals surface area contributed by atoms with E-state index in [-0.39, 0.29) is 11.1 Å². The van der Waals surface area contributed by atoms with Crippen LogP contribution in [0.25, 0.3) is 0 Å². The smallest absolute Gasteiger partial charge is 0.192 e. The molecule has 0 rings (SSSR count). The molecule has 0 aliphatic heterocycles. The Kier molecular flexibility index (Phi) is 6.95. The van der Waals surface area contributed by atoms with Crippen molar-refractivity contribution in [1.29, 1.82) is 0 Å². The van der Waals surface area contributed by atoms with Gasteiger partial charge in [0.1, 0.15) is 0 Å². The van der Waals surface area contributed by atoms with Crippen LogP contribution in [-0.2, 0) is 4.43 Å². The Hall–Kier alpha value is -0.523. The molecule has 0 spiro atoms. The second kappa shape index (κ2) is 7.16. The highest BCUT2D eigenvalue weighted by Gasteiger charge is 2.38. The summed E-state index contributed by atoms with van der Waals surface area (Å²) in [6, 6.07) is 0. The van der Waals surface area contributed by atoms with Crippen molar-refractivity contribution in [3.05, 3.63) is 12.7 Å². The first-order chi connectivity index (χ1) is 8.14. The lowest BCUT2D eigenvalue weighted by Gasteiger charge is -2.39. The summed E-state index contributed by atoms with van der Waals surface area (Å²) in [5.74, 6) is 3.29. The standard InChI is InChI=1S/C16H30OSi/c1-9-11-15(13-12-14(3)10-2)17-18(7,8)16(4,5)6/h1,10,14-15H,2,11-13H2,3-8H3/t14-,15+/m1/s1. The van der Waals surface area contributed by atoms with Crippen molar-refractivity contribution >= 4 is 8.32 Å². The van der Waals surface area contributed by atoms with Crippen molar-refractivity contribution < 1.29 is 4.43 Å². The average Bonchev–Trinajstić information content (AvgIpc) is 2.23. The van der Waals surface area contributed by atoms with Gasteiger partial charge in [-0.1, -0.05) is 33.8 Å². The molecule has 0 saturated heterocycles. The van der Waals surface area contributed by atoms with E-state index in [0.717, 1.165) is 19.3 Å². The molecule has 0 unspecified atom stereocenters. The Balaban J connectivity index is 4.54. The lowest BCUT2D eigenvalue weighted by molar-refractivity contribution is 0.169. The van der Waals surface area contributed by atoms with Crippen LogP contribution in [-0.4, -0.2) is 14.4 Å². The van der Waals surface area contributed by atoms with Gasteiger partial charge in [-0.05, 0) is 36.9 Å². The zero-order valence-corrected chi connectivity index (χ0v) is 14.0. The summed E-state index contributed by atoms with van der Waals surface area (Å²) in [7, 11) is -1.71. The summed E-state index contributed by atoms with van der Waals surface area (Å²) < 4.78 is 6.40. The third-order valence-corrected chi connectivity index (χ3v) is 8.49. The van der Waals surface area contributed by atoms with Crippen molar-refractivity contribution in [2.75, 3.05) is 0 Å². The predicted molar refractivity (Wildman–Crippen MR) is 84.1 cm³/mol. The fraction of sp³-hybridized carbons (Fsp3) is 0.750. The molecule has 0 aliphatic carbocycles. The Bertz CT molecular complexity index is 293. The van der Waals surface area contributed by atoms with Crippen molar-refractivity contribution in [2.24, 2.45) is 5.92 Å². The van der Waals surface area contributed by atoms with Gasteiger partial charge in [-0.3, -0.25) is 0 Å². The lowest BCUT2D eigenvalue weighted by atomic mass is 10.0. The predicted octanol–water partition coefficient (Wildman–Crippen LogP) is 5.00. The number of terminal acetylenes is 1. The van der Waals surface area contributed by atoms with Gasteiger partial charge in [-0.15, -0.1) is 18.9 Å². The fourth-order valence-corrected chi connectivity index (χ4v) is 2.88. The lowest BCUT2D eigenvalue weighted by Crippen LogP contribution is -2.44. The van der Waals surface area contributed by atoms with Crippen LogP contribution in [0.3, 0.4) is 0 Å². The number of hydrogen-bond donors (Lipinski definition) is 0. The highest BCUT2D eigenvalue weighted by atomic mass is 28.4. The Labute approximate surface area is 115 Å². The van der Waals surface area contributed by atoms with Gasteiger partial charge in [0.15, 0.2) is 8.32 Å². The van der Waals surface area contributed by atoms with Crippen molar-refractivity contribution in [1.82, 2.24) is 0 Å². The molecule has 0 aromatic carbocycles. The fourth-order valence-electron chi connectivity index (χ4n) is 1.49. The molecule has 1 nitrogen and oxygen atoms in total. The average molecular weight is 267 g/mol. The van der Waals surface area contributed by atoms with E-state index in [2.05, 4.69) is 53.3 Å². The topological polar surface area (TPSA) is 9.23 Å². The summed E-state index contributed by atoms with van der Waals surface area (Å²) in [6.07, 6.45) is 10.5. The molecule has 0 N–H and O–H groups in total. The van der Waals surface area contributed by atoms with Crippen LogP contribution in [0.5, 0.6) is 0 Å². The van der Waals surface area contributed by atoms with Gasteiger partial charge in [0.25, 0.3) is 0 Å². The van der Waals surface area contributed by atoms with Gasteiger partial charge in [0.2, 0.25) is 0 Å². The first-order valence-electron chi connectivity index (χ1n) is 6.88. The molecule has 0 saturated carbocycles. The maximum absolute atomic E-state index is 6.40. The molecule has 0 aromatic rings. The molecule has 0 amide bonds. The maximum Gasteiger partial charge on any atom is 0.192 e. The van der Waals surface area contributed by atoms with Gasteiger partial charge >= 0.3 is 0 Å². The van der Waals surface area contributed by atoms with E-state index in [1.807, 2.05) is 6.08 Å². The monoisotopic (exact) mass is 266 g/mol. The van der Waals surface area contributed by atoms with E-state index >= 15 is 0 Å². The van der Waals surface area contributed by atoms with E-state index in [1.54, 1.807) is 0 Å². The van der Waals surface area contributed by atoms with Crippen molar-refractivity contribution in [3.63, 3.8) is 0 Å². The van der Waals surface area contributed by atoms with Gasteiger partial charge in [0, 0.05) is 6.42 Å². The van der Waals surface area contributed by atoms with Crippen molar-refractivity contribution in [2.45, 2.75) is 71.2 Å². The zero-order valence-electron chi connectivity index (χ0n) is 13.0. The van der Waals surface area contributed by atoms with E-state index in [4.69, 9.17) is 10.8 Å². The normalized spacial score (nSPS) is 15.8. The highest BCUT2D eigenvalue weighted by Crippen LogP contribution is 2.38. The second-order valence-electron chi connectivity index (χ2n) is 6.70. The van der Waals surface area contributed by atoms with Gasteiger partial charge in [0.05, 0.1) is 6.10 Å². The highest BCUT2D eigenvalue weighted by molar-refractivity contribution is 6.74. The van der Waals surface area contributed by atoms with Crippen LogP contribution in [0.1, 0.15) is 47.0 Å². The van der Waals surface area contributed by atoms with E-state index in [0.29, 0.717) is 5.92 Å². The van der Waals surface area contributed by atoms with Gasteiger partial charge in [-0.2, -0.15) is 0 Å². The Morgan fingerprint density at radius 1 is 1.33 bits per heavy atom. The SMILES string of the molecule is C#CC[C@@H](CC[C@H](C)C=C)O[Si](C)(C)C(C)(C)C. The zero-order chi connectivity index (χ0) is 14.4. The van der Waals surface area contributed by atoms with Crippen LogP contribution < -0.4 is 0 Å².